The van der Waals surface area contributed by atoms with Gasteiger partial charge in [0.15, 0.2) is 11.6 Å². The first-order valence-corrected chi connectivity index (χ1v) is 18.3. The van der Waals surface area contributed by atoms with Crippen LogP contribution < -0.4 is 31.3 Å². The number of alkyl carbamates (subject to hydrolysis) is 1. The van der Waals surface area contributed by atoms with Gasteiger partial charge in [-0.05, 0) is 51.1 Å². The monoisotopic (exact) mass is 789 g/mol. The van der Waals surface area contributed by atoms with Crippen LogP contribution in [-0.2, 0) is 23.7 Å². The third kappa shape index (κ3) is 15.2. The van der Waals surface area contributed by atoms with Crippen LogP contribution in [0, 0.1) is 0 Å². The van der Waals surface area contributed by atoms with E-state index in [9.17, 15) is 14.4 Å². The fourth-order valence-corrected chi connectivity index (χ4v) is 4.93. The first-order chi connectivity index (χ1) is 27.6. The first kappa shape index (κ1) is 43.8. The molecule has 0 unspecified atom stereocenters. The van der Waals surface area contributed by atoms with Crippen molar-refractivity contribution in [3.05, 3.63) is 78.4 Å². The van der Waals surface area contributed by atoms with Crippen LogP contribution in [0.2, 0.25) is 0 Å². The van der Waals surface area contributed by atoms with Crippen LogP contribution in [-0.4, -0.2) is 124 Å². The van der Waals surface area contributed by atoms with Gasteiger partial charge >= 0.3 is 6.09 Å². The minimum absolute atomic E-state index is 0.300. The zero-order chi connectivity index (χ0) is 40.9. The third-order valence-electron chi connectivity index (χ3n) is 7.52. The summed E-state index contributed by atoms with van der Waals surface area (Å²) >= 11 is 0. The van der Waals surface area contributed by atoms with Gasteiger partial charge in [0, 0.05) is 51.0 Å². The molecule has 0 aliphatic heterocycles. The first-order valence-electron chi connectivity index (χ1n) is 18.3. The van der Waals surface area contributed by atoms with Gasteiger partial charge in [0.2, 0.25) is 0 Å². The number of anilines is 4. The number of hydrogen-bond acceptors (Lipinski definition) is 15. The molecule has 3 amide bonds. The normalized spacial score (nSPS) is 11.0. The molecular formula is C39H51N9O9. The zero-order valence-corrected chi connectivity index (χ0v) is 32.9. The van der Waals surface area contributed by atoms with E-state index in [1.54, 1.807) is 64.5 Å². The fraction of sp³-hybridized carbons (Fsp3) is 0.410. The summed E-state index contributed by atoms with van der Waals surface area (Å²) in [5, 5.41) is 14.5. The molecule has 4 rings (SSSR count). The fourth-order valence-electron chi connectivity index (χ4n) is 4.93. The van der Waals surface area contributed by atoms with Gasteiger partial charge in [-0.15, -0.1) is 0 Å². The minimum Gasteiger partial charge on any atom is -0.494 e. The van der Waals surface area contributed by atoms with Gasteiger partial charge in [-0.2, -0.15) is 0 Å². The van der Waals surface area contributed by atoms with Crippen molar-refractivity contribution in [1.82, 2.24) is 35.9 Å². The Hall–Kier alpha value is -5.95. The molecule has 0 aliphatic carbocycles. The second-order valence-electron chi connectivity index (χ2n) is 13.0. The summed E-state index contributed by atoms with van der Waals surface area (Å²) in [5.41, 5.74) is 1.84. The van der Waals surface area contributed by atoms with E-state index in [-0.39, 0.29) is 11.8 Å². The minimum atomic E-state index is -0.538. The Morgan fingerprint density at radius 3 is 1.89 bits per heavy atom. The summed E-state index contributed by atoms with van der Waals surface area (Å²) < 4.78 is 32.8. The SMILES string of the molecule is CNC(=O)c1cnc(Nc2ccc(C(=O)NCCOCCOCCOCCOCCNC(=O)OC(C)(C)C)cn2)cc1Nc1cccc(-c2ncccn2)c1OC. The number of ether oxygens (including phenoxy) is 6. The van der Waals surface area contributed by atoms with Crippen LogP contribution in [0.5, 0.6) is 5.75 Å². The molecule has 0 saturated carbocycles. The van der Waals surface area contributed by atoms with Gasteiger partial charge in [-0.25, -0.2) is 24.7 Å². The van der Waals surface area contributed by atoms with E-state index < -0.39 is 11.7 Å². The van der Waals surface area contributed by atoms with Crippen molar-refractivity contribution in [2.24, 2.45) is 0 Å². The maximum absolute atomic E-state index is 12.8. The van der Waals surface area contributed by atoms with Crippen molar-refractivity contribution in [2.45, 2.75) is 26.4 Å². The van der Waals surface area contributed by atoms with E-state index in [4.69, 9.17) is 28.4 Å². The number of rotatable bonds is 23. The van der Waals surface area contributed by atoms with E-state index in [0.717, 1.165) is 0 Å². The van der Waals surface area contributed by atoms with Gasteiger partial charge in [0.1, 0.15) is 17.2 Å². The molecule has 57 heavy (non-hydrogen) atoms. The number of pyridine rings is 2. The Bertz CT molecular complexity index is 1860. The number of hydrogen-bond donors (Lipinski definition) is 5. The van der Waals surface area contributed by atoms with Gasteiger partial charge in [-0.3, -0.25) is 9.59 Å². The summed E-state index contributed by atoms with van der Waals surface area (Å²) in [6.45, 7) is 9.09. The summed E-state index contributed by atoms with van der Waals surface area (Å²) in [4.78, 5) is 54.4. The molecule has 0 atom stereocenters. The molecule has 0 bridgehead atoms. The number of nitrogens with zero attached hydrogens (tertiary/aromatic N) is 4. The largest absolute Gasteiger partial charge is 0.494 e. The summed E-state index contributed by atoms with van der Waals surface area (Å²) in [6.07, 6.45) is 5.72. The van der Waals surface area contributed by atoms with Gasteiger partial charge in [0.05, 0.1) is 88.0 Å². The number of carbonyl (C=O) groups excluding carboxylic acids is 3. The third-order valence-corrected chi connectivity index (χ3v) is 7.52. The number of para-hydroxylation sites is 1. The molecule has 3 aromatic heterocycles. The molecule has 4 aromatic rings. The van der Waals surface area contributed by atoms with E-state index in [1.807, 2.05) is 18.2 Å². The van der Waals surface area contributed by atoms with E-state index in [1.165, 1.54) is 19.4 Å². The Balaban J connectivity index is 1.13. The topological polar surface area (TPSA) is 218 Å². The van der Waals surface area contributed by atoms with Crippen molar-refractivity contribution >= 4 is 40.9 Å². The number of nitrogens with one attached hydrogen (secondary N) is 5. The highest BCUT2D eigenvalue weighted by Gasteiger charge is 2.18. The highest BCUT2D eigenvalue weighted by molar-refractivity contribution is 6.01. The zero-order valence-electron chi connectivity index (χ0n) is 32.9. The number of aromatic nitrogens is 4. The maximum Gasteiger partial charge on any atom is 0.407 e. The summed E-state index contributed by atoms with van der Waals surface area (Å²) in [6, 6.07) is 12.2. The highest BCUT2D eigenvalue weighted by atomic mass is 16.6. The molecule has 5 N–H and O–H groups in total. The predicted octanol–water partition coefficient (Wildman–Crippen LogP) is 4.11. The molecule has 0 radical (unpaired) electrons. The van der Waals surface area contributed by atoms with E-state index in [2.05, 4.69) is 46.5 Å². The van der Waals surface area contributed by atoms with Crippen molar-refractivity contribution < 1.29 is 42.8 Å². The molecule has 1 aromatic carbocycles. The van der Waals surface area contributed by atoms with Crippen LogP contribution in [0.1, 0.15) is 41.5 Å². The number of amides is 3. The molecule has 0 saturated heterocycles. The molecule has 0 spiro atoms. The average molecular weight is 790 g/mol. The second-order valence-corrected chi connectivity index (χ2v) is 13.0. The quantitative estimate of drug-likeness (QED) is 0.0668. The van der Waals surface area contributed by atoms with Gasteiger partial charge in [0.25, 0.3) is 11.8 Å². The maximum atomic E-state index is 12.8. The Kier molecular flexibility index (Phi) is 17.8. The predicted molar refractivity (Wildman–Crippen MR) is 212 cm³/mol. The second kappa shape index (κ2) is 23.2. The van der Waals surface area contributed by atoms with Crippen LogP contribution in [0.3, 0.4) is 0 Å². The Morgan fingerprint density at radius 1 is 0.667 bits per heavy atom. The number of methoxy groups -OCH3 is 1. The summed E-state index contributed by atoms with van der Waals surface area (Å²) in [7, 11) is 3.09. The number of carbonyl (C=O) groups is 3. The molecule has 0 fully saturated rings. The van der Waals surface area contributed by atoms with E-state index in [0.29, 0.717) is 117 Å². The lowest BCUT2D eigenvalue weighted by atomic mass is 10.1. The average Bonchev–Trinajstić information content (AvgIpc) is 3.20. The molecule has 0 aliphatic rings. The Morgan fingerprint density at radius 2 is 1.30 bits per heavy atom. The molecule has 18 nitrogen and oxygen atoms in total. The highest BCUT2D eigenvalue weighted by Crippen LogP contribution is 2.37. The lowest BCUT2D eigenvalue weighted by Crippen LogP contribution is -2.34. The van der Waals surface area contributed by atoms with E-state index >= 15 is 0 Å². The van der Waals surface area contributed by atoms with Crippen molar-refractivity contribution in [3.8, 4) is 17.1 Å². The van der Waals surface area contributed by atoms with Crippen molar-refractivity contribution in [3.63, 3.8) is 0 Å². The lowest BCUT2D eigenvalue weighted by Gasteiger charge is -2.19. The van der Waals surface area contributed by atoms with Crippen LogP contribution in [0.25, 0.3) is 11.4 Å². The molecule has 306 valence electrons. The van der Waals surface area contributed by atoms with Crippen molar-refractivity contribution in [1.29, 1.82) is 0 Å². The van der Waals surface area contributed by atoms with Crippen molar-refractivity contribution in [2.75, 3.05) is 90.7 Å². The molecular weight excluding hydrogens is 738 g/mol. The molecule has 3 heterocycles. The van der Waals surface area contributed by atoms with Gasteiger partial charge < -0.3 is 55.0 Å². The van der Waals surface area contributed by atoms with Crippen LogP contribution >= 0.6 is 0 Å². The smallest absolute Gasteiger partial charge is 0.407 e. The standard InChI is InChI=1S/C39H51N9O9/c1-39(2,3)57-38(51)44-15-17-54-19-21-56-23-22-55-20-18-53-16-14-43-36(49)27-10-11-32(45-25-27)48-33-24-31(29(26-46-33)37(50)40-4)47-30-9-6-8-28(34(30)52-5)35-41-12-7-13-42-35/h6-13,24-26H,14-23H2,1-5H3,(H,40,50)(H,43,49)(H,44,51)(H2,45,46,47,48). The Labute approximate surface area is 331 Å². The number of benzene rings is 1. The van der Waals surface area contributed by atoms with Crippen LogP contribution in [0.4, 0.5) is 27.8 Å². The summed E-state index contributed by atoms with van der Waals surface area (Å²) in [5.74, 6) is 1.18. The lowest BCUT2D eigenvalue weighted by molar-refractivity contribution is -0.00142. The van der Waals surface area contributed by atoms with Gasteiger partial charge in [-0.1, -0.05) is 6.07 Å². The van der Waals surface area contributed by atoms with Crippen LogP contribution in [0.15, 0.2) is 67.3 Å². The molecule has 18 heteroatoms.